The van der Waals surface area contributed by atoms with Gasteiger partial charge in [0.15, 0.2) is 0 Å². The molecule has 0 radical (unpaired) electrons. The van der Waals surface area contributed by atoms with Crippen LogP contribution in [0, 0.1) is 6.92 Å². The lowest BCUT2D eigenvalue weighted by atomic mass is 10.2. The molecule has 0 atom stereocenters. The number of hydrogen-bond acceptors (Lipinski definition) is 4. The minimum Gasteiger partial charge on any atom is -0.495 e. The first-order valence-corrected chi connectivity index (χ1v) is 7.44. The first-order valence-electron chi connectivity index (χ1n) is 5.95. The molecule has 2 aromatic carbocycles. The van der Waals surface area contributed by atoms with E-state index >= 15 is 0 Å². The van der Waals surface area contributed by atoms with E-state index in [0.717, 1.165) is 5.56 Å². The Hall–Kier alpha value is -2.21. The van der Waals surface area contributed by atoms with Crippen molar-refractivity contribution in [1.82, 2.24) is 0 Å². The van der Waals surface area contributed by atoms with Crippen LogP contribution < -0.4 is 15.2 Å². The highest BCUT2D eigenvalue weighted by Crippen LogP contribution is 2.26. The van der Waals surface area contributed by atoms with Crippen molar-refractivity contribution in [1.29, 1.82) is 0 Å². The van der Waals surface area contributed by atoms with Gasteiger partial charge in [-0.25, -0.2) is 8.42 Å². The molecule has 0 aliphatic heterocycles. The van der Waals surface area contributed by atoms with Crippen molar-refractivity contribution in [3.8, 4) is 5.75 Å². The average Bonchev–Trinajstić information content (AvgIpc) is 2.41. The van der Waals surface area contributed by atoms with Crippen LogP contribution in [0.5, 0.6) is 5.75 Å². The van der Waals surface area contributed by atoms with Crippen molar-refractivity contribution in [3.05, 3.63) is 48.0 Å². The summed E-state index contributed by atoms with van der Waals surface area (Å²) in [5, 5.41) is 0. The van der Waals surface area contributed by atoms with Crippen LogP contribution in [0.4, 0.5) is 11.4 Å². The van der Waals surface area contributed by atoms with E-state index in [0.29, 0.717) is 17.1 Å². The maximum Gasteiger partial charge on any atom is 0.261 e. The molecule has 0 saturated carbocycles. The molecule has 6 heteroatoms. The molecule has 0 aliphatic rings. The van der Waals surface area contributed by atoms with E-state index in [2.05, 4.69) is 4.72 Å². The Labute approximate surface area is 118 Å². The third kappa shape index (κ3) is 3.03. The molecule has 2 rings (SSSR count). The highest BCUT2D eigenvalue weighted by molar-refractivity contribution is 7.92. The average molecular weight is 292 g/mol. The number of nitrogens with one attached hydrogen (secondary N) is 1. The van der Waals surface area contributed by atoms with Gasteiger partial charge in [-0.15, -0.1) is 0 Å². The van der Waals surface area contributed by atoms with Crippen molar-refractivity contribution in [2.75, 3.05) is 17.6 Å². The van der Waals surface area contributed by atoms with Crippen LogP contribution in [-0.4, -0.2) is 15.5 Å². The van der Waals surface area contributed by atoms with E-state index in [1.807, 2.05) is 6.92 Å². The van der Waals surface area contributed by atoms with Crippen LogP contribution in [0.1, 0.15) is 5.56 Å². The topological polar surface area (TPSA) is 81.4 Å². The van der Waals surface area contributed by atoms with E-state index in [9.17, 15) is 8.42 Å². The normalized spacial score (nSPS) is 11.1. The van der Waals surface area contributed by atoms with Crippen LogP contribution in [0.25, 0.3) is 0 Å². The molecule has 0 bridgehead atoms. The number of nitrogen functional groups attached to an aromatic ring is 1. The van der Waals surface area contributed by atoms with Gasteiger partial charge in [0.1, 0.15) is 5.75 Å². The summed E-state index contributed by atoms with van der Waals surface area (Å²) >= 11 is 0. The molecule has 5 nitrogen and oxygen atoms in total. The molecule has 2 aromatic rings. The fraction of sp³-hybridized carbons (Fsp3) is 0.143. The molecule has 0 heterocycles. The molecular weight excluding hydrogens is 276 g/mol. The minimum atomic E-state index is -3.61. The molecule has 20 heavy (non-hydrogen) atoms. The fourth-order valence-corrected chi connectivity index (χ4v) is 2.76. The summed E-state index contributed by atoms with van der Waals surface area (Å²) in [5.41, 5.74) is 7.54. The number of nitrogens with two attached hydrogens (primary N) is 1. The second-order valence-electron chi connectivity index (χ2n) is 4.38. The lowest BCUT2D eigenvalue weighted by Crippen LogP contribution is -2.13. The SMILES string of the molecule is COc1cc(NS(=O)(=O)c2ccc(C)cc2)ccc1N. The maximum absolute atomic E-state index is 12.2. The Balaban J connectivity index is 2.30. The minimum absolute atomic E-state index is 0.207. The zero-order chi connectivity index (χ0) is 14.8. The summed E-state index contributed by atoms with van der Waals surface area (Å²) in [6, 6.07) is 11.3. The zero-order valence-electron chi connectivity index (χ0n) is 11.3. The molecular formula is C14H16N2O3S. The first-order chi connectivity index (χ1) is 9.42. The monoisotopic (exact) mass is 292 g/mol. The summed E-state index contributed by atoms with van der Waals surface area (Å²) in [6.45, 7) is 1.90. The van der Waals surface area contributed by atoms with Gasteiger partial charge in [0.2, 0.25) is 0 Å². The first kappa shape index (κ1) is 14.2. The summed E-state index contributed by atoms with van der Waals surface area (Å²) in [7, 11) is -2.14. The van der Waals surface area contributed by atoms with Crippen molar-refractivity contribution in [3.63, 3.8) is 0 Å². The number of methoxy groups -OCH3 is 1. The number of rotatable bonds is 4. The fourth-order valence-electron chi connectivity index (χ4n) is 1.71. The Kier molecular flexibility index (Phi) is 3.85. The Morgan fingerprint density at radius 2 is 1.75 bits per heavy atom. The maximum atomic E-state index is 12.2. The zero-order valence-corrected chi connectivity index (χ0v) is 12.1. The van der Waals surface area contributed by atoms with Crippen LogP contribution in [0.3, 0.4) is 0 Å². The van der Waals surface area contributed by atoms with Gasteiger partial charge >= 0.3 is 0 Å². The Morgan fingerprint density at radius 3 is 2.35 bits per heavy atom. The van der Waals surface area contributed by atoms with E-state index in [1.165, 1.54) is 7.11 Å². The molecule has 0 saturated heterocycles. The predicted octanol–water partition coefficient (Wildman–Crippen LogP) is 2.39. The summed E-state index contributed by atoms with van der Waals surface area (Å²) < 4.78 is 32.0. The van der Waals surface area contributed by atoms with Crippen molar-refractivity contribution in [2.45, 2.75) is 11.8 Å². The molecule has 0 amide bonds. The third-order valence-electron chi connectivity index (χ3n) is 2.82. The predicted molar refractivity (Wildman–Crippen MR) is 79.4 cm³/mol. The molecule has 3 N–H and O–H groups in total. The van der Waals surface area contributed by atoms with Crippen molar-refractivity contribution >= 4 is 21.4 Å². The molecule has 0 spiro atoms. The quantitative estimate of drug-likeness (QED) is 0.848. The van der Waals surface area contributed by atoms with Crippen LogP contribution >= 0.6 is 0 Å². The summed E-state index contributed by atoms with van der Waals surface area (Å²) in [6.07, 6.45) is 0. The van der Waals surface area contributed by atoms with E-state index in [1.54, 1.807) is 42.5 Å². The molecule has 0 aromatic heterocycles. The number of benzene rings is 2. The molecule has 0 unspecified atom stereocenters. The van der Waals surface area contributed by atoms with Gasteiger partial charge in [-0.3, -0.25) is 4.72 Å². The third-order valence-corrected chi connectivity index (χ3v) is 4.21. The second-order valence-corrected chi connectivity index (χ2v) is 6.06. The van der Waals surface area contributed by atoms with Crippen LogP contribution in [0.15, 0.2) is 47.4 Å². The van der Waals surface area contributed by atoms with Crippen molar-refractivity contribution in [2.24, 2.45) is 0 Å². The Bertz CT molecular complexity index is 710. The summed E-state index contributed by atoms with van der Waals surface area (Å²) in [5.74, 6) is 0.425. The number of hydrogen-bond donors (Lipinski definition) is 2. The van der Waals surface area contributed by atoms with E-state index in [4.69, 9.17) is 10.5 Å². The van der Waals surface area contributed by atoms with Gasteiger partial charge in [0.05, 0.1) is 23.4 Å². The highest BCUT2D eigenvalue weighted by Gasteiger charge is 2.14. The van der Waals surface area contributed by atoms with Gasteiger partial charge in [-0.2, -0.15) is 0 Å². The highest BCUT2D eigenvalue weighted by atomic mass is 32.2. The number of sulfonamides is 1. The molecule has 0 aliphatic carbocycles. The van der Waals surface area contributed by atoms with Gasteiger partial charge < -0.3 is 10.5 Å². The lowest BCUT2D eigenvalue weighted by molar-refractivity contribution is 0.417. The van der Waals surface area contributed by atoms with E-state index < -0.39 is 10.0 Å². The smallest absolute Gasteiger partial charge is 0.261 e. The summed E-state index contributed by atoms with van der Waals surface area (Å²) in [4.78, 5) is 0.207. The van der Waals surface area contributed by atoms with Crippen molar-refractivity contribution < 1.29 is 13.2 Å². The van der Waals surface area contributed by atoms with Gasteiger partial charge in [0, 0.05) is 6.07 Å². The van der Waals surface area contributed by atoms with Gasteiger partial charge in [-0.1, -0.05) is 17.7 Å². The number of ether oxygens (including phenoxy) is 1. The van der Waals surface area contributed by atoms with Crippen LogP contribution in [-0.2, 0) is 10.0 Å². The Morgan fingerprint density at radius 1 is 1.10 bits per heavy atom. The van der Waals surface area contributed by atoms with Crippen LogP contribution in [0.2, 0.25) is 0 Å². The molecule has 0 fully saturated rings. The van der Waals surface area contributed by atoms with Gasteiger partial charge in [-0.05, 0) is 31.2 Å². The number of anilines is 2. The van der Waals surface area contributed by atoms with Gasteiger partial charge in [0.25, 0.3) is 10.0 Å². The number of aryl methyl sites for hydroxylation is 1. The van der Waals surface area contributed by atoms with E-state index in [-0.39, 0.29) is 4.90 Å². The second kappa shape index (κ2) is 5.42. The molecule has 106 valence electrons. The lowest BCUT2D eigenvalue weighted by Gasteiger charge is -2.11. The standard InChI is InChI=1S/C14H16N2O3S/c1-10-3-6-12(7-4-10)20(17,18)16-11-5-8-13(15)14(9-11)19-2/h3-9,16H,15H2,1-2H3. The largest absolute Gasteiger partial charge is 0.495 e.